The molecule has 0 N–H and O–H groups in total. The highest BCUT2D eigenvalue weighted by Gasteiger charge is 2.27. The molecule has 0 heterocycles. The predicted octanol–water partition coefficient (Wildman–Crippen LogP) is 2.70. The Balaban J connectivity index is 3.57. The maximum atomic E-state index is 11.0. The molecule has 0 amide bonds. The molecule has 1 atom stereocenters. The van der Waals surface area contributed by atoms with Gasteiger partial charge in [0.15, 0.2) is 0 Å². The summed E-state index contributed by atoms with van der Waals surface area (Å²) >= 11 is 1.84. The maximum absolute atomic E-state index is 11.0. The third-order valence-electron chi connectivity index (χ3n) is 2.85. The Morgan fingerprint density at radius 3 is 2.38 bits per heavy atom. The molecular formula is C11H24O3SSi. The van der Waals surface area contributed by atoms with Crippen LogP contribution in [0.2, 0.25) is 12.6 Å². The number of carbonyl (C=O) groups is 1. The molecule has 0 aliphatic rings. The van der Waals surface area contributed by atoms with Gasteiger partial charge in [-0.25, -0.2) is 0 Å². The van der Waals surface area contributed by atoms with Crippen LogP contribution in [0, 0.1) is 5.92 Å². The van der Waals surface area contributed by atoms with Gasteiger partial charge in [-0.2, -0.15) is 11.8 Å². The summed E-state index contributed by atoms with van der Waals surface area (Å²) in [5.41, 5.74) is 0. The molecule has 0 saturated heterocycles. The van der Waals surface area contributed by atoms with Gasteiger partial charge in [0.05, 0.1) is 0 Å². The van der Waals surface area contributed by atoms with Gasteiger partial charge in [-0.05, 0) is 31.7 Å². The normalized spacial score (nSPS) is 13.8. The van der Waals surface area contributed by atoms with Gasteiger partial charge in [-0.15, -0.1) is 0 Å². The van der Waals surface area contributed by atoms with Gasteiger partial charge in [0, 0.05) is 25.9 Å². The number of carbonyl (C=O) groups excluding carboxylic acids is 1. The van der Waals surface area contributed by atoms with E-state index in [2.05, 4.69) is 6.55 Å². The summed E-state index contributed by atoms with van der Waals surface area (Å²) in [7, 11) is 1.57. The number of hydrogen-bond acceptors (Lipinski definition) is 4. The standard InChI is InChI=1S/C11H24O3SSi/c1-10(11(2)12)9-15-7-6-8-16(5,13-3)14-4/h10H,6-9H2,1-5H3. The van der Waals surface area contributed by atoms with Crippen molar-refractivity contribution in [3.05, 3.63) is 0 Å². The van der Waals surface area contributed by atoms with Crippen molar-refractivity contribution in [2.24, 2.45) is 5.92 Å². The third kappa shape index (κ3) is 6.68. The van der Waals surface area contributed by atoms with E-state index in [0.717, 1.165) is 24.0 Å². The molecule has 0 bridgehead atoms. The van der Waals surface area contributed by atoms with Crippen LogP contribution >= 0.6 is 11.8 Å². The van der Waals surface area contributed by atoms with E-state index in [0.29, 0.717) is 0 Å². The van der Waals surface area contributed by atoms with E-state index in [1.54, 1.807) is 21.1 Å². The molecule has 0 radical (unpaired) electrons. The van der Waals surface area contributed by atoms with Crippen molar-refractivity contribution in [1.29, 1.82) is 0 Å². The summed E-state index contributed by atoms with van der Waals surface area (Å²) in [6, 6.07) is 1.02. The molecule has 0 aromatic carbocycles. The molecule has 96 valence electrons. The smallest absolute Gasteiger partial charge is 0.334 e. The minimum absolute atomic E-state index is 0.179. The van der Waals surface area contributed by atoms with Crippen LogP contribution in [-0.2, 0) is 13.6 Å². The number of rotatable bonds is 9. The lowest BCUT2D eigenvalue weighted by Gasteiger charge is -2.22. The van der Waals surface area contributed by atoms with E-state index >= 15 is 0 Å². The predicted molar refractivity (Wildman–Crippen MR) is 72.2 cm³/mol. The Morgan fingerprint density at radius 1 is 1.38 bits per heavy atom. The van der Waals surface area contributed by atoms with Crippen molar-refractivity contribution >= 4 is 26.1 Å². The first-order chi connectivity index (χ1) is 7.45. The minimum Gasteiger partial charge on any atom is -0.398 e. The van der Waals surface area contributed by atoms with Crippen LogP contribution in [0.1, 0.15) is 20.3 Å². The zero-order chi connectivity index (χ0) is 12.6. The highest BCUT2D eigenvalue weighted by atomic mass is 32.2. The van der Waals surface area contributed by atoms with E-state index in [9.17, 15) is 4.79 Å². The van der Waals surface area contributed by atoms with Gasteiger partial charge < -0.3 is 8.85 Å². The van der Waals surface area contributed by atoms with Crippen molar-refractivity contribution in [3.63, 3.8) is 0 Å². The van der Waals surface area contributed by atoms with Crippen molar-refractivity contribution in [3.8, 4) is 0 Å². The zero-order valence-electron chi connectivity index (χ0n) is 11.0. The Hall–Kier alpha value is 0.157. The largest absolute Gasteiger partial charge is 0.398 e. The SMILES string of the molecule is CO[Si](C)(CCCSCC(C)C(C)=O)OC. The summed E-state index contributed by atoms with van der Waals surface area (Å²) < 4.78 is 10.8. The summed E-state index contributed by atoms with van der Waals surface area (Å²) in [6.45, 7) is 5.72. The van der Waals surface area contributed by atoms with Gasteiger partial charge in [0.1, 0.15) is 5.78 Å². The first-order valence-electron chi connectivity index (χ1n) is 5.63. The van der Waals surface area contributed by atoms with Gasteiger partial charge >= 0.3 is 8.56 Å². The first-order valence-corrected chi connectivity index (χ1v) is 9.31. The highest BCUT2D eigenvalue weighted by molar-refractivity contribution is 7.99. The van der Waals surface area contributed by atoms with E-state index in [1.807, 2.05) is 18.7 Å². The fourth-order valence-corrected chi connectivity index (χ4v) is 3.91. The molecule has 0 aromatic rings. The first kappa shape index (κ1) is 16.2. The Bertz CT molecular complexity index is 207. The summed E-state index contributed by atoms with van der Waals surface area (Å²) in [6.07, 6.45) is 1.10. The molecule has 3 nitrogen and oxygen atoms in total. The van der Waals surface area contributed by atoms with Crippen molar-refractivity contribution in [2.45, 2.75) is 32.9 Å². The van der Waals surface area contributed by atoms with E-state index in [-0.39, 0.29) is 11.7 Å². The zero-order valence-corrected chi connectivity index (χ0v) is 12.9. The Kier molecular flexibility index (Phi) is 8.36. The van der Waals surface area contributed by atoms with Crippen LogP contribution in [0.4, 0.5) is 0 Å². The average molecular weight is 264 g/mol. The van der Waals surface area contributed by atoms with Crippen LogP contribution in [0.25, 0.3) is 0 Å². The van der Waals surface area contributed by atoms with Crippen LogP contribution in [0.15, 0.2) is 0 Å². The van der Waals surface area contributed by atoms with Gasteiger partial charge in [-0.1, -0.05) is 6.92 Å². The second kappa shape index (κ2) is 8.28. The summed E-state index contributed by atoms with van der Waals surface area (Å²) in [5.74, 6) is 2.46. The van der Waals surface area contributed by atoms with Gasteiger partial charge in [0.2, 0.25) is 0 Å². The number of thioether (sulfide) groups is 1. The van der Waals surface area contributed by atoms with Gasteiger partial charge in [0.25, 0.3) is 0 Å². The van der Waals surface area contributed by atoms with Gasteiger partial charge in [-0.3, -0.25) is 4.79 Å². The molecule has 0 aliphatic carbocycles. The van der Waals surface area contributed by atoms with Crippen LogP contribution < -0.4 is 0 Å². The lowest BCUT2D eigenvalue weighted by molar-refractivity contribution is -0.119. The average Bonchev–Trinajstić information content (AvgIpc) is 2.27. The second-order valence-corrected chi connectivity index (χ2v) is 8.97. The van der Waals surface area contributed by atoms with E-state index in [4.69, 9.17) is 8.85 Å². The molecule has 16 heavy (non-hydrogen) atoms. The maximum Gasteiger partial charge on any atom is 0.334 e. The molecule has 0 spiro atoms. The number of hydrogen-bond donors (Lipinski definition) is 0. The van der Waals surface area contributed by atoms with Crippen LogP contribution in [-0.4, -0.2) is 40.1 Å². The quantitative estimate of drug-likeness (QED) is 0.474. The second-order valence-electron chi connectivity index (χ2n) is 4.23. The molecule has 0 fully saturated rings. The Labute approximate surface area is 105 Å². The fraction of sp³-hybridized carbons (Fsp3) is 0.909. The number of ketones is 1. The fourth-order valence-electron chi connectivity index (χ4n) is 1.16. The lowest BCUT2D eigenvalue weighted by Crippen LogP contribution is -2.35. The van der Waals surface area contributed by atoms with Crippen LogP contribution in [0.5, 0.6) is 0 Å². The minimum atomic E-state index is -1.88. The van der Waals surface area contributed by atoms with Crippen LogP contribution in [0.3, 0.4) is 0 Å². The van der Waals surface area contributed by atoms with Crippen molar-refractivity contribution in [2.75, 3.05) is 25.7 Å². The topological polar surface area (TPSA) is 35.5 Å². The Morgan fingerprint density at radius 2 is 1.94 bits per heavy atom. The molecule has 5 heteroatoms. The van der Waals surface area contributed by atoms with Crippen molar-refractivity contribution in [1.82, 2.24) is 0 Å². The molecule has 0 rings (SSSR count). The molecule has 0 aromatic heterocycles. The monoisotopic (exact) mass is 264 g/mol. The molecular weight excluding hydrogens is 240 g/mol. The highest BCUT2D eigenvalue weighted by Crippen LogP contribution is 2.17. The van der Waals surface area contributed by atoms with Crippen molar-refractivity contribution < 1.29 is 13.6 Å². The summed E-state index contributed by atoms with van der Waals surface area (Å²) in [5, 5.41) is 0. The molecule has 0 saturated carbocycles. The van der Waals surface area contributed by atoms with E-state index < -0.39 is 8.56 Å². The molecule has 0 aliphatic heterocycles. The molecule has 1 unspecified atom stereocenters. The lowest BCUT2D eigenvalue weighted by atomic mass is 10.1. The summed E-state index contributed by atoms with van der Waals surface area (Å²) in [4.78, 5) is 11.0. The van der Waals surface area contributed by atoms with E-state index in [1.165, 1.54) is 0 Å². The third-order valence-corrected chi connectivity index (χ3v) is 7.15. The number of Topliss-reactive ketones (excluding diaryl/α,β-unsaturated/α-hetero) is 1.